The van der Waals surface area contributed by atoms with Gasteiger partial charge >= 0.3 is 0 Å². The number of hydrogen-bond acceptors (Lipinski definition) is 3. The van der Waals surface area contributed by atoms with Gasteiger partial charge in [-0.2, -0.15) is 0 Å². The third-order valence-electron chi connectivity index (χ3n) is 9.77. The summed E-state index contributed by atoms with van der Waals surface area (Å²) in [6.45, 7) is 0. The highest BCUT2D eigenvalue weighted by atomic mass is 15.2. The van der Waals surface area contributed by atoms with Crippen molar-refractivity contribution < 1.29 is 0 Å². The number of rotatable bonds is 4. The van der Waals surface area contributed by atoms with Crippen molar-refractivity contribution in [1.29, 1.82) is 0 Å². The van der Waals surface area contributed by atoms with Gasteiger partial charge in [0.15, 0.2) is 5.82 Å². The predicted octanol–water partition coefficient (Wildman–Crippen LogP) is 12.4. The summed E-state index contributed by atoms with van der Waals surface area (Å²) in [4.78, 5) is 12.8. The third-order valence-corrected chi connectivity index (χ3v) is 9.77. The number of nitrogens with zero attached hydrogens (tertiary/aromatic N) is 3. The molecule has 0 aliphatic carbocycles. The third kappa shape index (κ3) is 4.44. The van der Waals surface area contributed by atoms with Gasteiger partial charge in [0.1, 0.15) is 0 Å². The fraction of sp³-hybridized carbons (Fsp3) is 0. The van der Waals surface area contributed by atoms with E-state index in [1.165, 1.54) is 43.9 Å². The standard InChI is InChI=1S/C46H29N3/c1-3-13-31(14-4-1)36-25-27-43-44-37(36)19-11-20-38(44)40-29-34(24-26-42(40)49(43)35-16-5-2-6-17-35)46-47-41-21-10-9-18-39(41)45(48-46)33-23-22-30-12-7-8-15-32(30)28-33/h1-29H. The van der Waals surface area contributed by atoms with E-state index in [1.54, 1.807) is 0 Å². The zero-order valence-corrected chi connectivity index (χ0v) is 26.6. The van der Waals surface area contributed by atoms with Crippen molar-refractivity contribution in [2.75, 3.05) is 4.90 Å². The van der Waals surface area contributed by atoms with Crippen molar-refractivity contribution in [3.8, 4) is 44.9 Å². The number of fused-ring (bicyclic) bond motifs is 4. The number of para-hydroxylation sites is 2. The molecule has 1 aliphatic heterocycles. The Hall–Kier alpha value is -6.58. The number of benzene rings is 8. The van der Waals surface area contributed by atoms with Gasteiger partial charge in [-0.25, -0.2) is 9.97 Å². The fourth-order valence-corrected chi connectivity index (χ4v) is 7.50. The second-order valence-electron chi connectivity index (χ2n) is 12.6. The lowest BCUT2D eigenvalue weighted by Crippen LogP contribution is -2.15. The molecule has 0 bridgehead atoms. The zero-order valence-electron chi connectivity index (χ0n) is 26.6. The molecule has 3 nitrogen and oxygen atoms in total. The van der Waals surface area contributed by atoms with Crippen LogP contribution < -0.4 is 4.90 Å². The summed E-state index contributed by atoms with van der Waals surface area (Å²) >= 11 is 0. The minimum absolute atomic E-state index is 0.715. The molecule has 8 aromatic carbocycles. The van der Waals surface area contributed by atoms with Crippen LogP contribution in [0, 0.1) is 0 Å². The van der Waals surface area contributed by atoms with E-state index in [0.717, 1.165) is 44.7 Å². The summed E-state index contributed by atoms with van der Waals surface area (Å²) in [6.07, 6.45) is 0. The van der Waals surface area contributed by atoms with Crippen LogP contribution in [0.25, 0.3) is 77.3 Å². The summed E-state index contributed by atoms with van der Waals surface area (Å²) < 4.78 is 0. The molecule has 0 saturated heterocycles. The van der Waals surface area contributed by atoms with E-state index < -0.39 is 0 Å². The maximum absolute atomic E-state index is 5.30. The molecule has 0 amide bonds. The highest BCUT2D eigenvalue weighted by Crippen LogP contribution is 2.53. The van der Waals surface area contributed by atoms with Gasteiger partial charge < -0.3 is 4.90 Å². The second kappa shape index (κ2) is 11.0. The maximum Gasteiger partial charge on any atom is 0.160 e. The van der Waals surface area contributed by atoms with E-state index in [4.69, 9.17) is 9.97 Å². The number of aromatic nitrogens is 2. The molecular formula is C46H29N3. The van der Waals surface area contributed by atoms with Crippen LogP contribution in [0.4, 0.5) is 17.1 Å². The Labute approximate surface area is 284 Å². The van der Waals surface area contributed by atoms with E-state index in [0.29, 0.717) is 5.82 Å². The average Bonchev–Trinajstić information content (AvgIpc) is 3.18. The summed E-state index contributed by atoms with van der Waals surface area (Å²) in [5, 5.41) is 5.93. The molecule has 0 atom stereocenters. The van der Waals surface area contributed by atoms with Crippen molar-refractivity contribution in [3.05, 3.63) is 176 Å². The Morgan fingerprint density at radius 3 is 1.98 bits per heavy atom. The van der Waals surface area contributed by atoms with Crippen LogP contribution in [0.15, 0.2) is 176 Å². The molecule has 1 aliphatic rings. The van der Waals surface area contributed by atoms with Gasteiger partial charge in [-0.3, -0.25) is 0 Å². The van der Waals surface area contributed by atoms with Crippen LogP contribution in [0.5, 0.6) is 0 Å². The van der Waals surface area contributed by atoms with E-state index in [9.17, 15) is 0 Å². The van der Waals surface area contributed by atoms with Crippen LogP contribution in [-0.2, 0) is 0 Å². The Balaban J connectivity index is 1.21. The molecule has 49 heavy (non-hydrogen) atoms. The molecule has 0 N–H and O–H groups in total. The minimum Gasteiger partial charge on any atom is -0.309 e. The van der Waals surface area contributed by atoms with Crippen molar-refractivity contribution in [1.82, 2.24) is 9.97 Å². The monoisotopic (exact) mass is 623 g/mol. The molecule has 0 saturated carbocycles. The second-order valence-corrected chi connectivity index (χ2v) is 12.6. The lowest BCUT2D eigenvalue weighted by molar-refractivity contribution is 1.22. The molecule has 228 valence electrons. The molecule has 9 aromatic rings. The first kappa shape index (κ1) is 27.5. The first-order valence-corrected chi connectivity index (χ1v) is 16.7. The molecule has 2 heterocycles. The number of hydrogen-bond donors (Lipinski definition) is 0. The van der Waals surface area contributed by atoms with Gasteiger partial charge in [0, 0.05) is 33.2 Å². The lowest BCUT2D eigenvalue weighted by atomic mass is 9.87. The Morgan fingerprint density at radius 2 is 1.10 bits per heavy atom. The molecule has 0 radical (unpaired) electrons. The van der Waals surface area contributed by atoms with Crippen LogP contribution in [0.2, 0.25) is 0 Å². The van der Waals surface area contributed by atoms with E-state index in [-0.39, 0.29) is 0 Å². The quantitative estimate of drug-likeness (QED) is 0.195. The van der Waals surface area contributed by atoms with Crippen molar-refractivity contribution >= 4 is 49.5 Å². The van der Waals surface area contributed by atoms with Crippen molar-refractivity contribution in [3.63, 3.8) is 0 Å². The minimum atomic E-state index is 0.715. The summed E-state index contributed by atoms with van der Waals surface area (Å²) in [6, 6.07) is 62.7. The van der Waals surface area contributed by atoms with Crippen LogP contribution in [0.1, 0.15) is 0 Å². The normalized spacial score (nSPS) is 12.0. The van der Waals surface area contributed by atoms with E-state index in [2.05, 4.69) is 181 Å². The van der Waals surface area contributed by atoms with Gasteiger partial charge in [0.25, 0.3) is 0 Å². The smallest absolute Gasteiger partial charge is 0.160 e. The first-order valence-electron chi connectivity index (χ1n) is 16.7. The molecule has 0 unspecified atom stereocenters. The largest absolute Gasteiger partial charge is 0.309 e. The Morgan fingerprint density at radius 1 is 0.388 bits per heavy atom. The first-order chi connectivity index (χ1) is 24.3. The van der Waals surface area contributed by atoms with Crippen molar-refractivity contribution in [2.45, 2.75) is 0 Å². The van der Waals surface area contributed by atoms with Crippen LogP contribution in [0.3, 0.4) is 0 Å². The maximum atomic E-state index is 5.30. The summed E-state index contributed by atoms with van der Waals surface area (Å²) in [7, 11) is 0. The van der Waals surface area contributed by atoms with Crippen molar-refractivity contribution in [2.24, 2.45) is 0 Å². The molecule has 10 rings (SSSR count). The van der Waals surface area contributed by atoms with Gasteiger partial charge in [0.2, 0.25) is 0 Å². The van der Waals surface area contributed by atoms with Gasteiger partial charge in [-0.1, -0.05) is 127 Å². The van der Waals surface area contributed by atoms with Crippen LogP contribution >= 0.6 is 0 Å². The lowest BCUT2D eigenvalue weighted by Gasteiger charge is -2.34. The van der Waals surface area contributed by atoms with Gasteiger partial charge in [-0.15, -0.1) is 0 Å². The van der Waals surface area contributed by atoms with E-state index in [1.807, 2.05) is 0 Å². The van der Waals surface area contributed by atoms with Gasteiger partial charge in [-0.05, 0) is 81.4 Å². The highest BCUT2D eigenvalue weighted by molar-refractivity contribution is 6.17. The molecule has 1 aromatic heterocycles. The van der Waals surface area contributed by atoms with E-state index >= 15 is 0 Å². The highest BCUT2D eigenvalue weighted by Gasteiger charge is 2.27. The Kier molecular flexibility index (Phi) is 6.18. The average molecular weight is 624 g/mol. The molecule has 0 fully saturated rings. The predicted molar refractivity (Wildman–Crippen MR) is 205 cm³/mol. The Bertz CT molecular complexity index is 2720. The molecular weight excluding hydrogens is 595 g/mol. The molecule has 3 heteroatoms. The zero-order chi connectivity index (χ0) is 32.3. The molecule has 0 spiro atoms. The topological polar surface area (TPSA) is 29.0 Å². The van der Waals surface area contributed by atoms with Gasteiger partial charge in [0.05, 0.1) is 22.6 Å². The SMILES string of the molecule is c1ccc(-c2ccc3c4c(cccc24)-c2cc(-c4nc(-c5ccc6ccccc6c5)c5ccccc5n4)ccc2N3c2ccccc2)cc1. The fourth-order valence-electron chi connectivity index (χ4n) is 7.50. The van der Waals surface area contributed by atoms with Crippen LogP contribution in [-0.4, -0.2) is 9.97 Å². The summed E-state index contributed by atoms with van der Waals surface area (Å²) in [5.41, 5.74) is 12.2. The number of anilines is 3. The summed E-state index contributed by atoms with van der Waals surface area (Å²) in [5.74, 6) is 0.715.